The molecule has 0 aliphatic heterocycles. The van der Waals surface area contributed by atoms with Crippen molar-refractivity contribution in [3.63, 3.8) is 0 Å². The lowest BCUT2D eigenvalue weighted by Crippen LogP contribution is -2.32. The van der Waals surface area contributed by atoms with E-state index in [0.29, 0.717) is 0 Å². The van der Waals surface area contributed by atoms with E-state index in [4.69, 9.17) is 17.5 Å². The van der Waals surface area contributed by atoms with Gasteiger partial charge in [-0.2, -0.15) is 0 Å². The molecule has 0 heterocycles. The van der Waals surface area contributed by atoms with Gasteiger partial charge >= 0.3 is 0 Å². The number of primary amides is 1. The zero-order valence-corrected chi connectivity index (χ0v) is 6.68. The third kappa shape index (κ3) is 3.00. The molecule has 5 heteroatoms. The Morgan fingerprint density at radius 2 is 2.20 bits per heavy atom. The zero-order valence-electron chi connectivity index (χ0n) is 5.93. The van der Waals surface area contributed by atoms with Crippen LogP contribution in [0.1, 0.15) is 13.8 Å². The van der Waals surface area contributed by atoms with Crippen LogP contribution in [0.25, 0.3) is 0 Å². The highest BCUT2D eigenvalue weighted by Crippen LogP contribution is 2.03. The Morgan fingerprint density at radius 1 is 1.70 bits per heavy atom. The van der Waals surface area contributed by atoms with Crippen molar-refractivity contribution in [1.29, 1.82) is 0 Å². The molecule has 0 spiro atoms. The second-order valence-corrected chi connectivity index (χ2v) is 2.25. The van der Waals surface area contributed by atoms with Crippen LogP contribution in [0.5, 0.6) is 0 Å². The third-order valence-electron chi connectivity index (χ3n) is 1.38. The van der Waals surface area contributed by atoms with Crippen molar-refractivity contribution in [2.45, 2.75) is 20.0 Å². The Morgan fingerprint density at radius 3 is 2.50 bits per heavy atom. The van der Waals surface area contributed by atoms with Crippen LogP contribution in [0.4, 0.5) is 0 Å². The molecule has 0 rings (SSSR count). The molecule has 0 saturated carbocycles. The number of carbonyl (C=O) groups excluding carboxylic acids is 1. The lowest BCUT2D eigenvalue weighted by molar-refractivity contribution is -0.126. The number of nitrogens with one attached hydrogen (secondary N) is 1. The highest BCUT2D eigenvalue weighted by atomic mass is 35.5. The molecular formula is C5H11ClN2O2. The van der Waals surface area contributed by atoms with Crippen LogP contribution in [-0.4, -0.2) is 12.0 Å². The number of hydrogen-bond acceptors (Lipinski definition) is 3. The summed E-state index contributed by atoms with van der Waals surface area (Å²) in [6, 6.07) is 0. The summed E-state index contributed by atoms with van der Waals surface area (Å²) in [5, 5.41) is 0. The van der Waals surface area contributed by atoms with Crippen molar-refractivity contribution in [3.8, 4) is 0 Å². The molecule has 0 saturated heterocycles. The van der Waals surface area contributed by atoms with E-state index in [1.54, 1.807) is 13.8 Å². The molecule has 3 N–H and O–H groups in total. The van der Waals surface area contributed by atoms with Gasteiger partial charge in [-0.1, -0.05) is 6.92 Å². The monoisotopic (exact) mass is 166 g/mol. The van der Waals surface area contributed by atoms with Crippen molar-refractivity contribution in [3.05, 3.63) is 0 Å². The maximum Gasteiger partial charge on any atom is 0.222 e. The number of nitrogens with two attached hydrogens (primary N) is 1. The lowest BCUT2D eigenvalue weighted by atomic mass is 10.1. The molecule has 0 radical (unpaired) electrons. The molecule has 0 fully saturated rings. The SMILES string of the molecule is CC(ONCl)C(C)C(N)=O. The van der Waals surface area contributed by atoms with Crippen LogP contribution in [-0.2, 0) is 9.63 Å². The Balaban J connectivity index is 3.69. The van der Waals surface area contributed by atoms with Gasteiger partial charge in [0.15, 0.2) is 0 Å². The quantitative estimate of drug-likeness (QED) is 0.462. The highest BCUT2D eigenvalue weighted by molar-refractivity contribution is 6.12. The van der Waals surface area contributed by atoms with Crippen LogP contribution in [0.2, 0.25) is 0 Å². The van der Waals surface area contributed by atoms with Crippen LogP contribution in [0, 0.1) is 5.92 Å². The molecule has 0 aliphatic rings. The van der Waals surface area contributed by atoms with Gasteiger partial charge in [0.25, 0.3) is 0 Å². The number of carbonyl (C=O) groups is 1. The summed E-state index contributed by atoms with van der Waals surface area (Å²) in [6.07, 6.45) is -0.310. The first-order valence-corrected chi connectivity index (χ1v) is 3.28. The van der Waals surface area contributed by atoms with Gasteiger partial charge in [-0.05, 0) is 6.92 Å². The first kappa shape index (κ1) is 9.68. The first-order valence-electron chi connectivity index (χ1n) is 2.90. The van der Waals surface area contributed by atoms with Gasteiger partial charge in [-0.25, -0.2) is 0 Å². The summed E-state index contributed by atoms with van der Waals surface area (Å²) < 4.78 is 0. The smallest absolute Gasteiger partial charge is 0.222 e. The molecule has 0 bridgehead atoms. The Bertz CT molecular complexity index is 120. The van der Waals surface area contributed by atoms with Crippen molar-refractivity contribution < 1.29 is 9.63 Å². The van der Waals surface area contributed by atoms with Gasteiger partial charge in [0.1, 0.15) is 0 Å². The van der Waals surface area contributed by atoms with E-state index in [1.165, 1.54) is 0 Å². The third-order valence-corrected chi connectivity index (χ3v) is 1.47. The van der Waals surface area contributed by atoms with E-state index in [9.17, 15) is 4.79 Å². The van der Waals surface area contributed by atoms with Crippen LogP contribution >= 0.6 is 11.8 Å². The van der Waals surface area contributed by atoms with Crippen LogP contribution in [0.15, 0.2) is 0 Å². The minimum Gasteiger partial charge on any atom is -0.369 e. The van der Waals surface area contributed by atoms with Gasteiger partial charge in [0, 0.05) is 11.8 Å². The summed E-state index contributed by atoms with van der Waals surface area (Å²) in [5.41, 5.74) is 4.98. The van der Waals surface area contributed by atoms with Gasteiger partial charge in [-0.15, -0.1) is 5.00 Å². The maximum absolute atomic E-state index is 10.5. The molecule has 0 aliphatic carbocycles. The van der Waals surface area contributed by atoms with Crippen LogP contribution < -0.4 is 10.7 Å². The second-order valence-electron chi connectivity index (χ2n) is 2.09. The number of amides is 1. The number of halogens is 1. The van der Waals surface area contributed by atoms with Gasteiger partial charge < -0.3 is 5.73 Å². The largest absolute Gasteiger partial charge is 0.369 e. The van der Waals surface area contributed by atoms with E-state index in [0.717, 1.165) is 0 Å². The fraction of sp³-hybridized carbons (Fsp3) is 0.800. The topological polar surface area (TPSA) is 64.3 Å². The Kier molecular flexibility index (Phi) is 4.34. The molecule has 0 aromatic heterocycles. The van der Waals surface area contributed by atoms with E-state index < -0.39 is 5.91 Å². The Hall–Kier alpha value is -0.320. The fourth-order valence-electron chi connectivity index (χ4n) is 0.404. The van der Waals surface area contributed by atoms with Crippen LogP contribution in [0.3, 0.4) is 0 Å². The van der Waals surface area contributed by atoms with E-state index in [-0.39, 0.29) is 12.0 Å². The molecule has 4 nitrogen and oxygen atoms in total. The first-order chi connectivity index (χ1) is 4.59. The van der Waals surface area contributed by atoms with Gasteiger partial charge in [0.2, 0.25) is 5.91 Å². The normalized spacial score (nSPS) is 16.3. The summed E-state index contributed by atoms with van der Waals surface area (Å²) >= 11 is 5.02. The summed E-state index contributed by atoms with van der Waals surface area (Å²) in [7, 11) is 0. The molecule has 0 aromatic rings. The predicted octanol–water partition coefficient (Wildman–Crippen LogP) is 0.171. The minimum absolute atomic E-state index is 0.310. The average Bonchev–Trinajstić information content (AvgIpc) is 1.87. The predicted molar refractivity (Wildman–Crippen MR) is 37.9 cm³/mol. The minimum atomic E-state index is -0.403. The summed E-state index contributed by atoms with van der Waals surface area (Å²) in [4.78, 5) is 17.1. The number of rotatable bonds is 4. The standard InChI is InChI=1S/C5H11ClN2O2/c1-3(5(7)9)4(2)10-8-6/h3-4,8H,1-2H3,(H2,7,9). The second kappa shape index (κ2) is 4.49. The molecular weight excluding hydrogens is 156 g/mol. The highest BCUT2D eigenvalue weighted by Gasteiger charge is 2.17. The molecule has 10 heavy (non-hydrogen) atoms. The lowest BCUT2D eigenvalue weighted by Gasteiger charge is -2.14. The molecule has 2 unspecified atom stereocenters. The Labute approximate surface area is 64.7 Å². The van der Waals surface area contributed by atoms with Crippen molar-refractivity contribution in [2.75, 3.05) is 0 Å². The van der Waals surface area contributed by atoms with Crippen molar-refractivity contribution in [2.24, 2.45) is 11.7 Å². The molecule has 60 valence electrons. The maximum atomic E-state index is 10.5. The van der Waals surface area contributed by atoms with E-state index in [2.05, 4.69) is 4.84 Å². The van der Waals surface area contributed by atoms with E-state index in [1.807, 2.05) is 5.00 Å². The van der Waals surface area contributed by atoms with Crippen molar-refractivity contribution in [1.82, 2.24) is 5.00 Å². The average molecular weight is 167 g/mol. The van der Waals surface area contributed by atoms with Gasteiger partial charge in [-0.3, -0.25) is 9.63 Å². The van der Waals surface area contributed by atoms with Crippen molar-refractivity contribution >= 4 is 17.7 Å². The molecule has 2 atom stereocenters. The van der Waals surface area contributed by atoms with E-state index >= 15 is 0 Å². The summed E-state index contributed by atoms with van der Waals surface area (Å²) in [6.45, 7) is 3.37. The zero-order chi connectivity index (χ0) is 8.15. The molecule has 1 amide bonds. The molecule has 0 aromatic carbocycles. The summed E-state index contributed by atoms with van der Waals surface area (Å²) in [5.74, 6) is -0.745. The van der Waals surface area contributed by atoms with Gasteiger partial charge in [0.05, 0.1) is 12.0 Å². The number of hydrogen-bond donors (Lipinski definition) is 2. The fourth-order valence-corrected chi connectivity index (χ4v) is 0.544.